The number of nitriles is 1. The summed E-state index contributed by atoms with van der Waals surface area (Å²) in [7, 11) is 0. The zero-order valence-corrected chi connectivity index (χ0v) is 16.5. The molecular formula is C23H21F3N4. The molecule has 4 nitrogen and oxygen atoms in total. The van der Waals surface area contributed by atoms with Crippen LogP contribution >= 0.6 is 0 Å². The van der Waals surface area contributed by atoms with Crippen LogP contribution in [-0.2, 0) is 18.8 Å². The van der Waals surface area contributed by atoms with Gasteiger partial charge < -0.3 is 10.7 Å². The van der Waals surface area contributed by atoms with E-state index in [0.717, 1.165) is 29.5 Å². The van der Waals surface area contributed by atoms with E-state index >= 15 is 0 Å². The number of halogens is 3. The van der Waals surface area contributed by atoms with Crippen molar-refractivity contribution < 1.29 is 13.2 Å². The minimum absolute atomic E-state index is 0.0464. The number of aryl methyl sites for hydroxylation is 1. The summed E-state index contributed by atoms with van der Waals surface area (Å²) in [5.74, 6) is 0.110. The third kappa shape index (κ3) is 2.68. The Kier molecular flexibility index (Phi) is 4.05. The Hall–Kier alpha value is -2.82. The fourth-order valence-electron chi connectivity index (χ4n) is 4.77. The van der Waals surface area contributed by atoms with Crippen LogP contribution in [0.5, 0.6) is 0 Å². The van der Waals surface area contributed by atoms with E-state index < -0.39 is 11.8 Å². The lowest BCUT2D eigenvalue weighted by Crippen LogP contribution is -2.61. The van der Waals surface area contributed by atoms with Crippen LogP contribution in [-0.4, -0.2) is 16.1 Å². The normalized spacial score (nSPS) is 18.9. The molecule has 3 aromatic rings. The molecule has 1 fully saturated rings. The fourth-order valence-corrected chi connectivity index (χ4v) is 4.77. The van der Waals surface area contributed by atoms with Gasteiger partial charge in [-0.15, -0.1) is 0 Å². The minimum atomic E-state index is -4.68. The Balaban J connectivity index is 1.72. The summed E-state index contributed by atoms with van der Waals surface area (Å²) in [6.07, 6.45) is -1.26. The van der Waals surface area contributed by atoms with Gasteiger partial charge >= 0.3 is 6.18 Å². The van der Waals surface area contributed by atoms with Crippen LogP contribution in [0.1, 0.15) is 52.1 Å². The van der Waals surface area contributed by atoms with Crippen LogP contribution in [0.25, 0.3) is 10.9 Å². The highest BCUT2D eigenvalue weighted by molar-refractivity contribution is 5.88. The number of nitrogens with two attached hydrogens (primary N) is 1. The Morgan fingerprint density at radius 3 is 2.53 bits per heavy atom. The van der Waals surface area contributed by atoms with E-state index in [-0.39, 0.29) is 24.6 Å². The van der Waals surface area contributed by atoms with E-state index in [2.05, 4.69) is 11.1 Å². The van der Waals surface area contributed by atoms with Crippen molar-refractivity contribution in [2.45, 2.75) is 50.6 Å². The summed E-state index contributed by atoms with van der Waals surface area (Å²) in [6.45, 7) is 2.04. The molecule has 7 heteroatoms. The maximum atomic E-state index is 14.8. The second-order valence-electron chi connectivity index (χ2n) is 8.41. The number of benzene rings is 2. The first kappa shape index (κ1) is 19.2. The summed E-state index contributed by atoms with van der Waals surface area (Å²) < 4.78 is 44.3. The van der Waals surface area contributed by atoms with Gasteiger partial charge in [-0.1, -0.05) is 12.1 Å². The first-order valence-corrected chi connectivity index (χ1v) is 9.97. The van der Waals surface area contributed by atoms with Gasteiger partial charge in [0.1, 0.15) is 0 Å². The Morgan fingerprint density at radius 1 is 1.13 bits per heavy atom. The standard InChI is InChI=1S/C23H21F3N4/c1-13-8-19(15-4-5-15)20(18-6-7-29-21(13)18)22(28,23(24,25)26)30-11-16-3-2-14(10-27)9-17(16)12-30/h2-3,6-9,15,29H,4-5,11-12,28H2,1H3. The number of rotatable bonds is 3. The quantitative estimate of drug-likeness (QED) is 0.644. The maximum absolute atomic E-state index is 14.8. The monoisotopic (exact) mass is 410 g/mol. The molecular weight excluding hydrogens is 389 g/mol. The maximum Gasteiger partial charge on any atom is 0.424 e. The molecule has 154 valence electrons. The molecule has 3 N–H and O–H groups in total. The highest BCUT2D eigenvalue weighted by Crippen LogP contribution is 2.52. The van der Waals surface area contributed by atoms with Crippen molar-refractivity contribution in [3.63, 3.8) is 0 Å². The summed E-state index contributed by atoms with van der Waals surface area (Å²) in [6, 6.07) is 10.7. The molecule has 2 aromatic carbocycles. The summed E-state index contributed by atoms with van der Waals surface area (Å²) >= 11 is 0. The van der Waals surface area contributed by atoms with Crippen LogP contribution in [0.2, 0.25) is 0 Å². The van der Waals surface area contributed by atoms with E-state index in [9.17, 15) is 13.2 Å². The predicted octanol–water partition coefficient (Wildman–Crippen LogP) is 4.92. The number of nitrogens with one attached hydrogen (secondary N) is 1. The van der Waals surface area contributed by atoms with Gasteiger partial charge in [-0.05, 0) is 66.1 Å². The molecule has 5 rings (SSSR count). The highest BCUT2D eigenvalue weighted by atomic mass is 19.4. The highest BCUT2D eigenvalue weighted by Gasteiger charge is 2.60. The smallest absolute Gasteiger partial charge is 0.361 e. The van der Waals surface area contributed by atoms with Gasteiger partial charge in [0, 0.05) is 35.8 Å². The zero-order valence-electron chi connectivity index (χ0n) is 16.5. The van der Waals surface area contributed by atoms with E-state index in [4.69, 9.17) is 11.0 Å². The van der Waals surface area contributed by atoms with Crippen LogP contribution < -0.4 is 5.73 Å². The van der Waals surface area contributed by atoms with Gasteiger partial charge in [-0.3, -0.25) is 4.90 Å². The van der Waals surface area contributed by atoms with Crippen molar-refractivity contribution in [2.24, 2.45) is 5.73 Å². The Bertz CT molecular complexity index is 1200. The molecule has 1 aliphatic carbocycles. The molecule has 1 aliphatic heterocycles. The van der Waals surface area contributed by atoms with Crippen molar-refractivity contribution in [3.8, 4) is 6.07 Å². The number of nitrogens with zero attached hydrogens (tertiary/aromatic N) is 2. The van der Waals surface area contributed by atoms with E-state index in [0.29, 0.717) is 22.0 Å². The largest absolute Gasteiger partial charge is 0.424 e. The van der Waals surface area contributed by atoms with Gasteiger partial charge in [-0.25, -0.2) is 0 Å². The second kappa shape index (κ2) is 6.34. The number of aromatic amines is 1. The topological polar surface area (TPSA) is 68.8 Å². The Labute approximate surface area is 172 Å². The molecule has 0 saturated heterocycles. The Morgan fingerprint density at radius 2 is 1.87 bits per heavy atom. The summed E-state index contributed by atoms with van der Waals surface area (Å²) in [4.78, 5) is 4.39. The fraction of sp³-hybridized carbons (Fsp3) is 0.348. The SMILES string of the molecule is Cc1cc(C2CC2)c(C(N)(N2Cc3ccc(C#N)cc3C2)C(F)(F)F)c2cc[nH]c12. The van der Waals surface area contributed by atoms with Gasteiger partial charge in [0.15, 0.2) is 5.66 Å². The first-order valence-electron chi connectivity index (χ1n) is 9.97. The van der Waals surface area contributed by atoms with Gasteiger partial charge in [0.05, 0.1) is 11.6 Å². The van der Waals surface area contributed by atoms with Crippen molar-refractivity contribution in [3.05, 3.63) is 69.9 Å². The minimum Gasteiger partial charge on any atom is -0.361 e. The molecule has 1 atom stereocenters. The number of alkyl halides is 3. The van der Waals surface area contributed by atoms with E-state index in [1.165, 1.54) is 4.90 Å². The lowest BCUT2D eigenvalue weighted by atomic mass is 9.86. The van der Waals surface area contributed by atoms with Crippen molar-refractivity contribution in [1.29, 1.82) is 5.26 Å². The molecule has 30 heavy (non-hydrogen) atoms. The van der Waals surface area contributed by atoms with E-state index in [1.54, 1.807) is 30.5 Å². The predicted molar refractivity (Wildman–Crippen MR) is 107 cm³/mol. The van der Waals surface area contributed by atoms with E-state index in [1.807, 2.05) is 13.0 Å². The van der Waals surface area contributed by atoms with Gasteiger partial charge in [0.25, 0.3) is 0 Å². The average Bonchev–Trinajstić information content (AvgIpc) is 3.26. The lowest BCUT2D eigenvalue weighted by Gasteiger charge is -2.42. The number of H-pyrrole nitrogens is 1. The number of hydrogen-bond donors (Lipinski definition) is 2. The molecule has 1 aromatic heterocycles. The molecule has 2 aliphatic rings. The molecule has 2 heterocycles. The lowest BCUT2D eigenvalue weighted by molar-refractivity contribution is -0.239. The third-order valence-electron chi connectivity index (χ3n) is 6.46. The average molecular weight is 410 g/mol. The van der Waals surface area contributed by atoms with Gasteiger partial charge in [-0.2, -0.15) is 18.4 Å². The molecule has 0 spiro atoms. The molecule has 0 bridgehead atoms. The molecule has 1 saturated carbocycles. The summed E-state index contributed by atoms with van der Waals surface area (Å²) in [5, 5.41) is 9.69. The number of aromatic nitrogens is 1. The molecule has 1 unspecified atom stereocenters. The number of hydrogen-bond acceptors (Lipinski definition) is 3. The van der Waals surface area contributed by atoms with Gasteiger partial charge in [0.2, 0.25) is 0 Å². The summed E-state index contributed by atoms with van der Waals surface area (Å²) in [5.41, 5.74) is 8.19. The third-order valence-corrected chi connectivity index (χ3v) is 6.46. The van der Waals surface area contributed by atoms with Crippen molar-refractivity contribution in [1.82, 2.24) is 9.88 Å². The zero-order chi connectivity index (χ0) is 21.3. The second-order valence-corrected chi connectivity index (χ2v) is 8.41. The van der Waals surface area contributed by atoms with Crippen LogP contribution in [0, 0.1) is 18.3 Å². The van der Waals surface area contributed by atoms with Crippen LogP contribution in [0.4, 0.5) is 13.2 Å². The molecule has 0 amide bonds. The van der Waals surface area contributed by atoms with Crippen molar-refractivity contribution in [2.75, 3.05) is 0 Å². The van der Waals surface area contributed by atoms with Crippen LogP contribution in [0.15, 0.2) is 36.5 Å². The number of fused-ring (bicyclic) bond motifs is 2. The van der Waals surface area contributed by atoms with Crippen LogP contribution in [0.3, 0.4) is 0 Å². The van der Waals surface area contributed by atoms with Crippen molar-refractivity contribution >= 4 is 10.9 Å². The molecule has 0 radical (unpaired) electrons. The first-order chi connectivity index (χ1) is 14.2.